The number of hydrogen-bond donors (Lipinski definition) is 1. The van der Waals surface area contributed by atoms with E-state index in [0.717, 1.165) is 22.2 Å². The number of carbonyl (C=O) groups is 1. The van der Waals surface area contributed by atoms with E-state index >= 15 is 0 Å². The quantitative estimate of drug-likeness (QED) is 0.292. The van der Waals surface area contributed by atoms with Crippen LogP contribution < -0.4 is 14.8 Å². The fourth-order valence-electron chi connectivity index (χ4n) is 3.79. The zero-order valence-electron chi connectivity index (χ0n) is 20.1. The Morgan fingerprint density at radius 3 is 2.76 bits per heavy atom. The molecule has 0 saturated carbocycles. The summed E-state index contributed by atoms with van der Waals surface area (Å²) < 4.78 is 17.9. The van der Waals surface area contributed by atoms with Gasteiger partial charge in [-0.1, -0.05) is 17.7 Å². The number of methoxy groups -OCH3 is 2. The molecule has 0 radical (unpaired) electrons. The Hall–Kier alpha value is -4.28. The minimum absolute atomic E-state index is 0.143. The van der Waals surface area contributed by atoms with Crippen molar-refractivity contribution in [1.82, 2.24) is 30.1 Å². The summed E-state index contributed by atoms with van der Waals surface area (Å²) in [4.78, 5) is 16.8. The van der Waals surface area contributed by atoms with Crippen LogP contribution in [-0.4, -0.2) is 58.1 Å². The number of benzene rings is 2. The predicted molar refractivity (Wildman–Crippen MR) is 138 cm³/mol. The van der Waals surface area contributed by atoms with Crippen LogP contribution >= 0.6 is 11.6 Å². The highest BCUT2D eigenvalue weighted by Gasteiger charge is 2.14. The summed E-state index contributed by atoms with van der Waals surface area (Å²) in [6.45, 7) is 0.959. The number of halogens is 1. The van der Waals surface area contributed by atoms with Gasteiger partial charge in [0.2, 0.25) is 0 Å². The van der Waals surface area contributed by atoms with Crippen molar-refractivity contribution >= 4 is 34.1 Å². The second-order valence-corrected chi connectivity index (χ2v) is 8.44. The molecule has 1 amide bonds. The number of amides is 1. The van der Waals surface area contributed by atoms with E-state index in [1.165, 1.54) is 0 Å². The van der Waals surface area contributed by atoms with Gasteiger partial charge in [-0.2, -0.15) is 9.61 Å². The molecule has 2 aromatic carbocycles. The van der Waals surface area contributed by atoms with Crippen molar-refractivity contribution in [1.29, 1.82) is 0 Å². The molecule has 0 atom stereocenters. The lowest BCUT2D eigenvalue weighted by Gasteiger charge is -2.10. The Balaban J connectivity index is 1.37. The van der Waals surface area contributed by atoms with Gasteiger partial charge in [-0.25, -0.2) is 0 Å². The summed E-state index contributed by atoms with van der Waals surface area (Å²) >= 11 is 6.42. The third kappa shape index (κ3) is 5.16. The highest BCUT2D eigenvalue weighted by molar-refractivity contribution is 6.34. The first-order chi connectivity index (χ1) is 18.1. The van der Waals surface area contributed by atoms with Gasteiger partial charge in [0.15, 0.2) is 11.5 Å². The van der Waals surface area contributed by atoms with Crippen molar-refractivity contribution in [2.24, 2.45) is 0 Å². The van der Waals surface area contributed by atoms with Gasteiger partial charge in [0, 0.05) is 36.9 Å². The first-order valence-electron chi connectivity index (χ1n) is 11.4. The standard InChI is InChI=1S/C26H23ClN6O4/c1-35-12-11-29-26(34)18-5-3-16(13-20(18)27)21-7-8-24-30-31-25(33(24)32-21)15-37-23-9-10-28-22-14-17(36-2)4-6-19(22)23/h3-10,13-14H,11-12,15H2,1-2H3,(H,29,34). The fourth-order valence-corrected chi connectivity index (χ4v) is 4.06. The SMILES string of the molecule is COCCNC(=O)c1ccc(-c2ccc3nnc(COc4ccnc5cc(OC)ccc45)n3n2)cc1Cl. The number of nitrogens with one attached hydrogen (secondary N) is 1. The van der Waals surface area contributed by atoms with E-state index in [1.807, 2.05) is 30.3 Å². The predicted octanol–water partition coefficient (Wildman–Crippen LogP) is 3.96. The van der Waals surface area contributed by atoms with Gasteiger partial charge in [-0.3, -0.25) is 9.78 Å². The van der Waals surface area contributed by atoms with E-state index in [2.05, 4.69) is 25.6 Å². The van der Waals surface area contributed by atoms with E-state index in [9.17, 15) is 4.79 Å². The van der Waals surface area contributed by atoms with E-state index in [-0.39, 0.29) is 12.5 Å². The van der Waals surface area contributed by atoms with Crippen LogP contribution in [0.3, 0.4) is 0 Å². The van der Waals surface area contributed by atoms with Gasteiger partial charge < -0.3 is 19.5 Å². The third-order valence-corrected chi connectivity index (χ3v) is 6.01. The maximum atomic E-state index is 12.4. The Bertz CT molecular complexity index is 1590. The van der Waals surface area contributed by atoms with Crippen molar-refractivity contribution in [3.8, 4) is 22.8 Å². The molecule has 0 fully saturated rings. The number of aromatic nitrogens is 5. The van der Waals surface area contributed by atoms with Gasteiger partial charge in [0.05, 0.1) is 35.5 Å². The van der Waals surface area contributed by atoms with Crippen LogP contribution in [0.5, 0.6) is 11.5 Å². The molecule has 0 unspecified atom stereocenters. The molecule has 3 heterocycles. The van der Waals surface area contributed by atoms with Crippen LogP contribution in [0.1, 0.15) is 16.2 Å². The third-order valence-electron chi connectivity index (χ3n) is 5.70. The summed E-state index contributed by atoms with van der Waals surface area (Å²) in [5, 5.41) is 17.1. The summed E-state index contributed by atoms with van der Waals surface area (Å²) in [5.74, 6) is 1.64. The van der Waals surface area contributed by atoms with Gasteiger partial charge in [-0.05, 0) is 42.5 Å². The summed E-state index contributed by atoms with van der Waals surface area (Å²) in [7, 11) is 3.19. The molecule has 0 aliphatic carbocycles. The molecule has 0 aliphatic heterocycles. The summed E-state index contributed by atoms with van der Waals surface area (Å²) in [5.41, 5.74) is 3.10. The monoisotopic (exact) mass is 518 g/mol. The van der Waals surface area contributed by atoms with Crippen LogP contribution in [0.15, 0.2) is 60.8 Å². The molecule has 37 heavy (non-hydrogen) atoms. The first-order valence-corrected chi connectivity index (χ1v) is 11.8. The molecular weight excluding hydrogens is 496 g/mol. The highest BCUT2D eigenvalue weighted by Crippen LogP contribution is 2.28. The van der Waals surface area contributed by atoms with Gasteiger partial charge in [0.25, 0.3) is 5.91 Å². The Kier molecular flexibility index (Phi) is 7.11. The fraction of sp³-hybridized carbons (Fsp3) is 0.192. The van der Waals surface area contributed by atoms with E-state index in [1.54, 1.807) is 49.2 Å². The zero-order chi connectivity index (χ0) is 25.8. The van der Waals surface area contributed by atoms with E-state index in [4.69, 9.17) is 25.8 Å². The molecule has 1 N–H and O–H groups in total. The van der Waals surface area contributed by atoms with E-state index < -0.39 is 0 Å². The molecule has 5 aromatic rings. The van der Waals surface area contributed by atoms with Crippen molar-refractivity contribution < 1.29 is 19.0 Å². The van der Waals surface area contributed by atoms with Crippen LogP contribution in [0.2, 0.25) is 5.02 Å². The zero-order valence-corrected chi connectivity index (χ0v) is 20.9. The van der Waals surface area contributed by atoms with Crippen molar-refractivity contribution in [2.75, 3.05) is 27.4 Å². The first kappa shape index (κ1) is 24.4. The second kappa shape index (κ2) is 10.8. The Morgan fingerprint density at radius 2 is 1.95 bits per heavy atom. The maximum Gasteiger partial charge on any atom is 0.252 e. The van der Waals surface area contributed by atoms with Crippen LogP contribution in [0.25, 0.3) is 27.8 Å². The van der Waals surface area contributed by atoms with Crippen molar-refractivity contribution in [3.63, 3.8) is 0 Å². The lowest BCUT2D eigenvalue weighted by molar-refractivity contribution is 0.0937. The minimum Gasteiger partial charge on any atom is -0.497 e. The molecule has 11 heteroatoms. The molecule has 5 rings (SSSR count). The molecule has 3 aromatic heterocycles. The number of rotatable bonds is 9. The summed E-state index contributed by atoms with van der Waals surface area (Å²) in [6.07, 6.45) is 1.68. The largest absolute Gasteiger partial charge is 0.497 e. The van der Waals surface area contributed by atoms with Crippen LogP contribution in [0, 0.1) is 0 Å². The highest BCUT2D eigenvalue weighted by atomic mass is 35.5. The Morgan fingerprint density at radius 1 is 1.05 bits per heavy atom. The molecule has 188 valence electrons. The van der Waals surface area contributed by atoms with E-state index in [0.29, 0.717) is 46.7 Å². The number of nitrogens with zero attached hydrogens (tertiary/aromatic N) is 5. The van der Waals surface area contributed by atoms with Crippen LogP contribution in [-0.2, 0) is 11.3 Å². The average molecular weight is 519 g/mol. The smallest absolute Gasteiger partial charge is 0.252 e. The minimum atomic E-state index is -0.266. The molecule has 0 aliphatic rings. The molecule has 0 saturated heterocycles. The number of hydrogen-bond acceptors (Lipinski definition) is 8. The normalized spacial score (nSPS) is 11.1. The van der Waals surface area contributed by atoms with Gasteiger partial charge in [-0.15, -0.1) is 10.2 Å². The molecule has 0 bridgehead atoms. The van der Waals surface area contributed by atoms with Crippen LogP contribution in [0.4, 0.5) is 0 Å². The molecular formula is C26H23ClN6O4. The number of fused-ring (bicyclic) bond motifs is 2. The average Bonchev–Trinajstić information content (AvgIpc) is 3.33. The maximum absolute atomic E-state index is 12.4. The Labute approximate surface area is 217 Å². The molecule has 0 spiro atoms. The number of pyridine rings is 1. The second-order valence-electron chi connectivity index (χ2n) is 8.03. The lowest BCUT2D eigenvalue weighted by Crippen LogP contribution is -2.27. The number of ether oxygens (including phenoxy) is 3. The van der Waals surface area contributed by atoms with Gasteiger partial charge >= 0.3 is 0 Å². The van der Waals surface area contributed by atoms with Crippen molar-refractivity contribution in [3.05, 3.63) is 77.2 Å². The topological polar surface area (TPSA) is 113 Å². The van der Waals surface area contributed by atoms with Gasteiger partial charge in [0.1, 0.15) is 18.1 Å². The van der Waals surface area contributed by atoms with Crippen molar-refractivity contribution in [2.45, 2.75) is 6.61 Å². The summed E-state index contributed by atoms with van der Waals surface area (Å²) in [6, 6.07) is 16.2. The number of carbonyl (C=O) groups excluding carboxylic acids is 1. The lowest BCUT2D eigenvalue weighted by atomic mass is 10.1. The molecule has 10 nitrogen and oxygen atoms in total.